The zero-order valence-corrected chi connectivity index (χ0v) is 12.9. The normalized spacial score (nSPS) is 10.7. The van der Waals surface area contributed by atoms with Gasteiger partial charge in [0, 0.05) is 6.07 Å². The number of aryl methyl sites for hydroxylation is 1. The molecule has 0 unspecified atom stereocenters. The van der Waals surface area contributed by atoms with Crippen LogP contribution in [0, 0.1) is 17.0 Å². The van der Waals surface area contributed by atoms with E-state index in [0.717, 1.165) is 11.1 Å². The number of hydrogen-bond acceptors (Lipinski definition) is 6. The Morgan fingerprint density at radius 2 is 2.04 bits per heavy atom. The van der Waals surface area contributed by atoms with Gasteiger partial charge in [-0.05, 0) is 42.3 Å². The summed E-state index contributed by atoms with van der Waals surface area (Å²) in [6, 6.07) is 10.2. The number of methoxy groups -OCH3 is 1. The van der Waals surface area contributed by atoms with Crippen molar-refractivity contribution in [1.82, 2.24) is 0 Å². The molecule has 0 saturated carbocycles. The monoisotopic (exact) mass is 315 g/mol. The van der Waals surface area contributed by atoms with Crippen LogP contribution in [-0.2, 0) is 6.61 Å². The van der Waals surface area contributed by atoms with Crippen LogP contribution in [-0.4, -0.2) is 18.2 Å². The summed E-state index contributed by atoms with van der Waals surface area (Å²) in [5.74, 6) is 6.10. The molecule has 7 heteroatoms. The molecule has 7 nitrogen and oxygen atoms in total. The maximum atomic E-state index is 11.1. The Labute approximate surface area is 133 Å². The molecule has 0 aliphatic rings. The van der Waals surface area contributed by atoms with Gasteiger partial charge in [-0.3, -0.25) is 10.1 Å². The maximum absolute atomic E-state index is 11.1. The lowest BCUT2D eigenvalue weighted by Gasteiger charge is -2.11. The predicted octanol–water partition coefficient (Wildman–Crippen LogP) is 2.78. The highest BCUT2D eigenvalue weighted by Crippen LogP contribution is 2.29. The van der Waals surface area contributed by atoms with E-state index in [0.29, 0.717) is 17.1 Å². The van der Waals surface area contributed by atoms with Crippen LogP contribution in [0.25, 0.3) is 0 Å². The van der Waals surface area contributed by atoms with E-state index >= 15 is 0 Å². The van der Waals surface area contributed by atoms with E-state index in [4.69, 9.17) is 15.3 Å². The Kier molecular flexibility index (Phi) is 5.14. The fourth-order valence-electron chi connectivity index (χ4n) is 2.09. The van der Waals surface area contributed by atoms with Gasteiger partial charge in [0.15, 0.2) is 11.5 Å². The SMILES string of the molecule is COc1cc(C=NN)ccc1OCc1ccc(C)cc1[N+](=O)[O-]. The number of ether oxygens (including phenoxy) is 2. The number of hydrogen-bond donors (Lipinski definition) is 1. The first-order valence-electron chi connectivity index (χ1n) is 6.83. The van der Waals surface area contributed by atoms with Crippen LogP contribution in [0.3, 0.4) is 0 Å². The third kappa shape index (κ3) is 3.97. The first-order valence-corrected chi connectivity index (χ1v) is 6.83. The van der Waals surface area contributed by atoms with E-state index in [-0.39, 0.29) is 12.3 Å². The predicted molar refractivity (Wildman–Crippen MR) is 86.9 cm³/mol. The van der Waals surface area contributed by atoms with Crippen molar-refractivity contribution in [3.8, 4) is 11.5 Å². The summed E-state index contributed by atoms with van der Waals surface area (Å²) in [6.07, 6.45) is 1.48. The molecule has 2 rings (SSSR count). The molecule has 0 aliphatic heterocycles. The second kappa shape index (κ2) is 7.26. The van der Waals surface area contributed by atoms with Crippen LogP contribution in [0.5, 0.6) is 11.5 Å². The molecular weight excluding hydrogens is 298 g/mol. The van der Waals surface area contributed by atoms with Crippen LogP contribution < -0.4 is 15.3 Å². The summed E-state index contributed by atoms with van der Waals surface area (Å²) in [6.45, 7) is 1.87. The van der Waals surface area contributed by atoms with E-state index in [2.05, 4.69) is 5.10 Å². The minimum absolute atomic E-state index is 0.0378. The van der Waals surface area contributed by atoms with Gasteiger partial charge in [-0.25, -0.2) is 0 Å². The fraction of sp³-hybridized carbons (Fsp3) is 0.188. The van der Waals surface area contributed by atoms with Gasteiger partial charge in [-0.1, -0.05) is 6.07 Å². The van der Waals surface area contributed by atoms with Gasteiger partial charge in [-0.15, -0.1) is 0 Å². The summed E-state index contributed by atoms with van der Waals surface area (Å²) in [7, 11) is 1.51. The molecule has 23 heavy (non-hydrogen) atoms. The van der Waals surface area contributed by atoms with Gasteiger partial charge in [0.1, 0.15) is 6.61 Å². The Balaban J connectivity index is 2.23. The van der Waals surface area contributed by atoms with Crippen molar-refractivity contribution in [2.45, 2.75) is 13.5 Å². The first kappa shape index (κ1) is 16.3. The van der Waals surface area contributed by atoms with E-state index in [1.54, 1.807) is 31.2 Å². The number of nitrogens with two attached hydrogens (primary N) is 1. The van der Waals surface area contributed by atoms with Crippen molar-refractivity contribution >= 4 is 11.9 Å². The number of nitrogens with zero attached hydrogens (tertiary/aromatic N) is 2. The summed E-state index contributed by atoms with van der Waals surface area (Å²) < 4.78 is 10.9. The standard InChI is InChI=1S/C16H17N3O4/c1-11-3-5-13(14(7-11)19(20)21)10-23-15-6-4-12(9-18-17)8-16(15)22-2/h3-9H,10,17H2,1-2H3. The molecule has 0 radical (unpaired) electrons. The van der Waals surface area contributed by atoms with Crippen LogP contribution in [0.15, 0.2) is 41.5 Å². The quantitative estimate of drug-likeness (QED) is 0.382. The van der Waals surface area contributed by atoms with Gasteiger partial charge < -0.3 is 15.3 Å². The molecule has 2 N–H and O–H groups in total. The topological polar surface area (TPSA) is 100.0 Å². The van der Waals surface area contributed by atoms with Crippen molar-refractivity contribution in [3.63, 3.8) is 0 Å². The Bertz CT molecular complexity index is 744. The minimum Gasteiger partial charge on any atom is -0.493 e. The van der Waals surface area contributed by atoms with Gasteiger partial charge in [0.2, 0.25) is 0 Å². The molecule has 0 spiro atoms. The summed E-state index contributed by atoms with van der Waals surface area (Å²) in [5.41, 5.74) is 2.12. The highest BCUT2D eigenvalue weighted by Gasteiger charge is 2.15. The molecule has 2 aromatic carbocycles. The van der Waals surface area contributed by atoms with Gasteiger partial charge in [0.05, 0.1) is 23.8 Å². The zero-order valence-electron chi connectivity index (χ0n) is 12.9. The van der Waals surface area contributed by atoms with E-state index in [1.807, 2.05) is 6.07 Å². The molecular formula is C16H17N3O4. The van der Waals surface area contributed by atoms with Crippen LogP contribution in [0.1, 0.15) is 16.7 Å². The van der Waals surface area contributed by atoms with Gasteiger partial charge >= 0.3 is 0 Å². The van der Waals surface area contributed by atoms with Gasteiger partial charge in [-0.2, -0.15) is 5.10 Å². The molecule has 0 atom stereocenters. The van der Waals surface area contributed by atoms with E-state index in [1.165, 1.54) is 19.4 Å². The average Bonchev–Trinajstić information content (AvgIpc) is 2.54. The molecule has 0 amide bonds. The van der Waals surface area contributed by atoms with Crippen LogP contribution in [0.4, 0.5) is 5.69 Å². The van der Waals surface area contributed by atoms with E-state index in [9.17, 15) is 10.1 Å². The molecule has 2 aromatic rings. The molecule has 0 fully saturated rings. The lowest BCUT2D eigenvalue weighted by molar-refractivity contribution is -0.385. The third-order valence-electron chi connectivity index (χ3n) is 3.23. The Hall–Kier alpha value is -3.09. The van der Waals surface area contributed by atoms with Crippen molar-refractivity contribution in [3.05, 3.63) is 63.2 Å². The summed E-state index contributed by atoms with van der Waals surface area (Å²) >= 11 is 0. The molecule has 120 valence electrons. The van der Waals surface area contributed by atoms with Crippen molar-refractivity contribution in [1.29, 1.82) is 0 Å². The molecule has 0 aliphatic carbocycles. The number of rotatable bonds is 6. The minimum atomic E-state index is -0.413. The molecule has 0 saturated heterocycles. The van der Waals surface area contributed by atoms with Crippen molar-refractivity contribution in [2.75, 3.05) is 7.11 Å². The summed E-state index contributed by atoms with van der Waals surface area (Å²) in [4.78, 5) is 10.7. The van der Waals surface area contributed by atoms with Crippen LogP contribution in [0.2, 0.25) is 0 Å². The smallest absolute Gasteiger partial charge is 0.276 e. The molecule has 0 aromatic heterocycles. The number of nitro groups is 1. The van der Waals surface area contributed by atoms with Crippen molar-refractivity contribution < 1.29 is 14.4 Å². The lowest BCUT2D eigenvalue weighted by atomic mass is 10.1. The maximum Gasteiger partial charge on any atom is 0.276 e. The highest BCUT2D eigenvalue weighted by atomic mass is 16.6. The van der Waals surface area contributed by atoms with E-state index < -0.39 is 4.92 Å². The number of benzene rings is 2. The second-order valence-electron chi connectivity index (χ2n) is 4.87. The van der Waals surface area contributed by atoms with Crippen LogP contribution >= 0.6 is 0 Å². The molecule has 0 bridgehead atoms. The first-order chi connectivity index (χ1) is 11.0. The Morgan fingerprint density at radius 1 is 1.26 bits per heavy atom. The number of hydrazone groups is 1. The Morgan fingerprint density at radius 3 is 2.70 bits per heavy atom. The fourth-order valence-corrected chi connectivity index (χ4v) is 2.09. The molecule has 0 heterocycles. The summed E-state index contributed by atoms with van der Waals surface area (Å²) in [5, 5.41) is 14.6. The van der Waals surface area contributed by atoms with Gasteiger partial charge in [0.25, 0.3) is 5.69 Å². The van der Waals surface area contributed by atoms with Crippen molar-refractivity contribution in [2.24, 2.45) is 10.9 Å². The number of nitro benzene ring substituents is 1. The lowest BCUT2D eigenvalue weighted by Crippen LogP contribution is -2.02. The average molecular weight is 315 g/mol. The third-order valence-corrected chi connectivity index (χ3v) is 3.23. The largest absolute Gasteiger partial charge is 0.493 e. The second-order valence-corrected chi connectivity index (χ2v) is 4.87. The zero-order chi connectivity index (χ0) is 16.8. The highest BCUT2D eigenvalue weighted by molar-refractivity contribution is 5.80.